The Morgan fingerprint density at radius 3 is 2.46 bits per heavy atom. The molecule has 0 bridgehead atoms. The van der Waals surface area contributed by atoms with Crippen LogP contribution in [-0.2, 0) is 0 Å². The van der Waals surface area contributed by atoms with Crippen molar-refractivity contribution in [2.75, 3.05) is 10.2 Å². The first kappa shape index (κ1) is 14.7. The Balaban J connectivity index is 1.77. The van der Waals surface area contributed by atoms with Crippen LogP contribution in [0.3, 0.4) is 0 Å². The van der Waals surface area contributed by atoms with Crippen molar-refractivity contribution in [1.82, 2.24) is 4.98 Å². The van der Waals surface area contributed by atoms with E-state index < -0.39 is 0 Å². The number of rotatable bonds is 3. The van der Waals surface area contributed by atoms with Gasteiger partial charge in [0.2, 0.25) is 0 Å². The maximum atomic E-state index is 12.9. The third kappa shape index (κ3) is 2.51. The van der Waals surface area contributed by atoms with Crippen LogP contribution in [0.5, 0.6) is 0 Å². The van der Waals surface area contributed by atoms with Crippen LogP contribution in [0, 0.1) is 0 Å². The largest absolute Gasteiger partial charge is 0.361 e. The lowest BCUT2D eigenvalue weighted by Gasteiger charge is -2.26. The first-order valence-corrected chi connectivity index (χ1v) is 7.97. The molecule has 0 unspecified atom stereocenters. The molecule has 0 saturated carbocycles. The van der Waals surface area contributed by atoms with Crippen LogP contribution in [0.15, 0.2) is 72.9 Å². The number of anilines is 2. The molecule has 2 heterocycles. The van der Waals surface area contributed by atoms with Crippen LogP contribution in [0.4, 0.5) is 11.5 Å². The SMILES string of the molecule is O=C1c2ccccc2[C@H](Nc2ccc(Cl)cc2)N1c1ccccn1. The number of nitrogens with one attached hydrogen (secondary N) is 1. The Bertz CT molecular complexity index is 881. The normalized spacial score (nSPS) is 16.1. The van der Waals surface area contributed by atoms with Crippen molar-refractivity contribution in [1.29, 1.82) is 0 Å². The van der Waals surface area contributed by atoms with Gasteiger partial charge in [-0.2, -0.15) is 0 Å². The molecule has 2 aromatic carbocycles. The van der Waals surface area contributed by atoms with Crippen LogP contribution in [0.2, 0.25) is 5.02 Å². The zero-order valence-corrected chi connectivity index (χ0v) is 13.4. The Kier molecular flexibility index (Phi) is 3.67. The molecule has 3 aromatic rings. The maximum Gasteiger partial charge on any atom is 0.261 e. The molecule has 1 aliphatic rings. The molecule has 1 amide bonds. The van der Waals surface area contributed by atoms with Gasteiger partial charge in [0.1, 0.15) is 12.0 Å². The molecule has 1 atom stereocenters. The molecule has 1 aliphatic heterocycles. The minimum Gasteiger partial charge on any atom is -0.361 e. The van der Waals surface area contributed by atoms with E-state index in [4.69, 9.17) is 11.6 Å². The van der Waals surface area contributed by atoms with E-state index in [2.05, 4.69) is 10.3 Å². The van der Waals surface area contributed by atoms with E-state index in [1.165, 1.54) is 0 Å². The van der Waals surface area contributed by atoms with Crippen molar-refractivity contribution in [2.24, 2.45) is 0 Å². The highest BCUT2D eigenvalue weighted by atomic mass is 35.5. The summed E-state index contributed by atoms with van der Waals surface area (Å²) in [6, 6.07) is 20.6. The van der Waals surface area contributed by atoms with Gasteiger partial charge >= 0.3 is 0 Å². The van der Waals surface area contributed by atoms with Crippen LogP contribution >= 0.6 is 11.6 Å². The van der Waals surface area contributed by atoms with Gasteiger partial charge < -0.3 is 5.32 Å². The topological polar surface area (TPSA) is 45.2 Å². The molecule has 0 spiro atoms. The number of hydrogen-bond acceptors (Lipinski definition) is 3. The number of pyridine rings is 1. The summed E-state index contributed by atoms with van der Waals surface area (Å²) in [5, 5.41) is 4.08. The summed E-state index contributed by atoms with van der Waals surface area (Å²) in [7, 11) is 0. The van der Waals surface area contributed by atoms with Gasteiger partial charge in [0.15, 0.2) is 0 Å². The molecule has 1 N–H and O–H groups in total. The van der Waals surface area contributed by atoms with Gasteiger partial charge in [0, 0.05) is 28.0 Å². The molecular formula is C19H14ClN3O. The Morgan fingerprint density at radius 2 is 1.71 bits per heavy atom. The average Bonchev–Trinajstić information content (AvgIpc) is 2.90. The lowest BCUT2D eigenvalue weighted by molar-refractivity contribution is 0.0992. The van der Waals surface area contributed by atoms with E-state index in [0.717, 1.165) is 11.3 Å². The maximum absolute atomic E-state index is 12.9. The first-order valence-electron chi connectivity index (χ1n) is 7.60. The molecule has 0 saturated heterocycles. The summed E-state index contributed by atoms with van der Waals surface area (Å²) >= 11 is 5.95. The predicted molar refractivity (Wildman–Crippen MR) is 95.3 cm³/mol. The fourth-order valence-corrected chi connectivity index (χ4v) is 3.02. The van der Waals surface area contributed by atoms with Crippen molar-refractivity contribution in [2.45, 2.75) is 6.17 Å². The highest BCUT2D eigenvalue weighted by molar-refractivity contribution is 6.30. The highest BCUT2D eigenvalue weighted by Gasteiger charge is 2.38. The van der Waals surface area contributed by atoms with Gasteiger partial charge in [0.05, 0.1) is 0 Å². The van der Waals surface area contributed by atoms with Gasteiger partial charge in [-0.15, -0.1) is 0 Å². The molecule has 24 heavy (non-hydrogen) atoms. The summed E-state index contributed by atoms with van der Waals surface area (Å²) in [6.07, 6.45) is 1.37. The zero-order chi connectivity index (χ0) is 16.5. The lowest BCUT2D eigenvalue weighted by atomic mass is 10.1. The molecule has 0 aliphatic carbocycles. The van der Waals surface area contributed by atoms with Gasteiger partial charge in [-0.25, -0.2) is 4.98 Å². The number of aromatic nitrogens is 1. The van der Waals surface area contributed by atoms with E-state index in [9.17, 15) is 4.79 Å². The van der Waals surface area contributed by atoms with Gasteiger partial charge in [0.25, 0.3) is 5.91 Å². The highest BCUT2D eigenvalue weighted by Crippen LogP contribution is 2.37. The Morgan fingerprint density at radius 1 is 0.958 bits per heavy atom. The standard InChI is InChI=1S/C19H14ClN3O/c20-13-8-10-14(11-9-13)22-18-15-5-1-2-6-16(15)19(24)23(18)17-7-3-4-12-21-17/h1-12,18,22H/t18-/m1/s1. The molecule has 4 nitrogen and oxygen atoms in total. The van der Waals surface area contributed by atoms with E-state index in [0.29, 0.717) is 16.4 Å². The van der Waals surface area contributed by atoms with Gasteiger partial charge in [-0.05, 0) is 42.5 Å². The predicted octanol–water partition coefficient (Wildman–Crippen LogP) is 4.51. The Labute approximate surface area is 144 Å². The average molecular weight is 336 g/mol. The molecule has 118 valence electrons. The smallest absolute Gasteiger partial charge is 0.261 e. The molecule has 0 fully saturated rings. The number of carbonyl (C=O) groups excluding carboxylic acids is 1. The van der Waals surface area contributed by atoms with E-state index >= 15 is 0 Å². The quantitative estimate of drug-likeness (QED) is 0.766. The molecular weight excluding hydrogens is 322 g/mol. The minimum absolute atomic E-state index is 0.0595. The second-order valence-corrected chi connectivity index (χ2v) is 5.94. The number of nitrogens with zero attached hydrogens (tertiary/aromatic N) is 2. The van der Waals surface area contributed by atoms with E-state index in [-0.39, 0.29) is 12.1 Å². The lowest BCUT2D eigenvalue weighted by Crippen LogP contribution is -2.32. The molecule has 1 aromatic heterocycles. The van der Waals surface area contributed by atoms with Crippen molar-refractivity contribution in [3.05, 3.63) is 89.1 Å². The summed E-state index contributed by atoms with van der Waals surface area (Å²) in [5.41, 5.74) is 2.51. The van der Waals surface area contributed by atoms with E-state index in [1.54, 1.807) is 11.1 Å². The summed E-state index contributed by atoms with van der Waals surface area (Å²) in [4.78, 5) is 18.9. The first-order chi connectivity index (χ1) is 11.7. The van der Waals surface area contributed by atoms with Crippen molar-refractivity contribution < 1.29 is 4.79 Å². The molecule has 5 heteroatoms. The van der Waals surface area contributed by atoms with Crippen molar-refractivity contribution >= 4 is 29.0 Å². The van der Waals surface area contributed by atoms with E-state index in [1.807, 2.05) is 66.7 Å². The number of halogens is 1. The minimum atomic E-state index is -0.315. The summed E-state index contributed by atoms with van der Waals surface area (Å²) in [6.45, 7) is 0. The number of fused-ring (bicyclic) bond motifs is 1. The van der Waals surface area contributed by atoms with Gasteiger partial charge in [-0.1, -0.05) is 35.9 Å². The monoisotopic (exact) mass is 335 g/mol. The van der Waals surface area contributed by atoms with Crippen LogP contribution in [0.1, 0.15) is 22.1 Å². The second-order valence-electron chi connectivity index (χ2n) is 5.50. The number of hydrogen-bond donors (Lipinski definition) is 1. The van der Waals surface area contributed by atoms with Gasteiger partial charge in [-0.3, -0.25) is 9.69 Å². The number of amides is 1. The van der Waals surface area contributed by atoms with Crippen molar-refractivity contribution in [3.63, 3.8) is 0 Å². The molecule has 0 radical (unpaired) electrons. The zero-order valence-electron chi connectivity index (χ0n) is 12.7. The third-order valence-electron chi connectivity index (χ3n) is 4.01. The van der Waals surface area contributed by atoms with Crippen LogP contribution in [0.25, 0.3) is 0 Å². The number of benzene rings is 2. The fourth-order valence-electron chi connectivity index (χ4n) is 2.90. The second kappa shape index (κ2) is 5.98. The number of carbonyl (C=O) groups is 1. The van der Waals surface area contributed by atoms with Crippen LogP contribution < -0.4 is 10.2 Å². The third-order valence-corrected chi connectivity index (χ3v) is 4.26. The summed E-state index contributed by atoms with van der Waals surface area (Å²) in [5.74, 6) is 0.556. The Hall–Kier alpha value is -2.85. The van der Waals surface area contributed by atoms with Crippen molar-refractivity contribution in [3.8, 4) is 0 Å². The fraction of sp³-hybridized carbons (Fsp3) is 0.0526. The van der Waals surface area contributed by atoms with Crippen LogP contribution in [-0.4, -0.2) is 10.9 Å². The molecule has 4 rings (SSSR count). The summed E-state index contributed by atoms with van der Waals surface area (Å²) < 4.78 is 0.